The Kier molecular flexibility index (Phi) is 5.83. The van der Waals surface area contributed by atoms with E-state index in [-0.39, 0.29) is 5.03 Å². The highest BCUT2D eigenvalue weighted by atomic mass is 35.5. The number of rotatable bonds is 5. The fourth-order valence-corrected chi connectivity index (χ4v) is 2.35. The molecule has 1 heterocycles. The van der Waals surface area contributed by atoms with Gasteiger partial charge in [0.15, 0.2) is 29.6 Å². The number of ether oxygens (including phenoxy) is 2. The van der Waals surface area contributed by atoms with E-state index in [1.54, 1.807) is 0 Å². The van der Waals surface area contributed by atoms with Crippen LogP contribution in [0, 0.1) is 23.3 Å². The Morgan fingerprint density at radius 1 is 1.09 bits per heavy atom. The first-order chi connectivity index (χ1) is 10.4. The summed E-state index contributed by atoms with van der Waals surface area (Å²) in [5, 5.41) is -0.129. The summed E-state index contributed by atoms with van der Waals surface area (Å²) in [5.41, 5.74) is -1.58. The molecule has 0 saturated carbocycles. The summed E-state index contributed by atoms with van der Waals surface area (Å²) in [5.74, 6) is -5.93. The highest BCUT2D eigenvalue weighted by Gasteiger charge is 2.26. The molecular formula is C15H15ClF4O2. The highest BCUT2D eigenvalue weighted by Crippen LogP contribution is 2.28. The van der Waals surface area contributed by atoms with Gasteiger partial charge in [0.25, 0.3) is 0 Å². The van der Waals surface area contributed by atoms with Crippen LogP contribution in [0.3, 0.4) is 0 Å². The van der Waals surface area contributed by atoms with Crippen molar-refractivity contribution in [3.8, 4) is 0 Å². The molecule has 1 atom stereocenters. The van der Waals surface area contributed by atoms with Gasteiger partial charge in [-0.05, 0) is 19.3 Å². The van der Waals surface area contributed by atoms with E-state index in [0.717, 1.165) is 12.8 Å². The smallest absolute Gasteiger partial charge is 0.167 e. The predicted molar refractivity (Wildman–Crippen MR) is 73.4 cm³/mol. The number of benzene rings is 1. The lowest BCUT2D eigenvalue weighted by atomic mass is 10.1. The van der Waals surface area contributed by atoms with Crippen molar-refractivity contribution in [1.29, 1.82) is 0 Å². The highest BCUT2D eigenvalue weighted by molar-refractivity contribution is 6.29. The summed E-state index contributed by atoms with van der Waals surface area (Å²) in [6, 6.07) is 0. The fraction of sp³-hybridized carbons (Fsp3) is 0.467. The lowest BCUT2D eigenvalue weighted by Crippen LogP contribution is -2.23. The molecule has 0 radical (unpaired) electrons. The molecule has 2 rings (SSSR count). The third-order valence-electron chi connectivity index (χ3n) is 3.37. The van der Waals surface area contributed by atoms with Crippen LogP contribution in [0.25, 0.3) is 0 Å². The first-order valence-electron chi connectivity index (χ1n) is 6.82. The predicted octanol–water partition coefficient (Wildman–Crippen LogP) is 4.58. The summed E-state index contributed by atoms with van der Waals surface area (Å²) in [6.07, 6.45) is 1.18. The van der Waals surface area contributed by atoms with E-state index < -0.39 is 53.7 Å². The van der Waals surface area contributed by atoms with Crippen molar-refractivity contribution in [2.45, 2.75) is 38.6 Å². The van der Waals surface area contributed by atoms with E-state index in [2.05, 4.69) is 6.58 Å². The minimum Gasteiger partial charge on any atom is -0.353 e. The zero-order valence-electron chi connectivity index (χ0n) is 11.7. The van der Waals surface area contributed by atoms with Crippen LogP contribution in [0.2, 0.25) is 0 Å². The van der Waals surface area contributed by atoms with Crippen LogP contribution in [-0.2, 0) is 22.5 Å². The van der Waals surface area contributed by atoms with E-state index in [1.165, 1.54) is 0 Å². The van der Waals surface area contributed by atoms with Crippen molar-refractivity contribution in [2.75, 3.05) is 6.61 Å². The Balaban J connectivity index is 2.22. The van der Waals surface area contributed by atoms with Gasteiger partial charge in [0, 0.05) is 23.6 Å². The molecule has 1 aromatic carbocycles. The van der Waals surface area contributed by atoms with E-state index >= 15 is 0 Å². The Morgan fingerprint density at radius 3 is 2.18 bits per heavy atom. The normalized spacial score (nSPS) is 18.5. The molecule has 1 saturated heterocycles. The molecule has 0 aromatic heterocycles. The molecular weight excluding hydrogens is 324 g/mol. The molecule has 1 aliphatic heterocycles. The minimum atomic E-state index is -1.48. The van der Waals surface area contributed by atoms with Crippen molar-refractivity contribution >= 4 is 11.6 Å². The SMILES string of the molecule is C=C(Cl)Cc1c(F)c(F)c(COC2CCCCO2)c(F)c1F. The molecule has 1 fully saturated rings. The van der Waals surface area contributed by atoms with Crippen molar-refractivity contribution < 1.29 is 27.0 Å². The third kappa shape index (κ3) is 3.80. The lowest BCUT2D eigenvalue weighted by molar-refractivity contribution is -0.169. The summed E-state index contributed by atoms with van der Waals surface area (Å²) >= 11 is 5.45. The van der Waals surface area contributed by atoms with Gasteiger partial charge in [-0.3, -0.25) is 0 Å². The molecule has 0 N–H and O–H groups in total. The van der Waals surface area contributed by atoms with Gasteiger partial charge in [-0.1, -0.05) is 18.2 Å². The quantitative estimate of drug-likeness (QED) is 0.578. The largest absolute Gasteiger partial charge is 0.353 e. The van der Waals surface area contributed by atoms with Crippen molar-refractivity contribution in [2.24, 2.45) is 0 Å². The summed E-state index contributed by atoms with van der Waals surface area (Å²) in [4.78, 5) is 0. The molecule has 0 amide bonds. The molecule has 1 aromatic rings. The molecule has 1 unspecified atom stereocenters. The summed E-state index contributed by atoms with van der Waals surface area (Å²) in [6.45, 7) is 3.13. The number of halogens is 5. The van der Waals surface area contributed by atoms with Crippen molar-refractivity contribution in [3.63, 3.8) is 0 Å². The van der Waals surface area contributed by atoms with Gasteiger partial charge in [-0.25, -0.2) is 17.6 Å². The minimum absolute atomic E-state index is 0.129. The van der Waals surface area contributed by atoms with E-state index in [0.29, 0.717) is 13.0 Å². The Morgan fingerprint density at radius 2 is 1.68 bits per heavy atom. The van der Waals surface area contributed by atoms with Crippen LogP contribution in [0.1, 0.15) is 30.4 Å². The van der Waals surface area contributed by atoms with Gasteiger partial charge in [-0.2, -0.15) is 0 Å². The van der Waals surface area contributed by atoms with Crippen molar-refractivity contribution in [1.82, 2.24) is 0 Å². The van der Waals surface area contributed by atoms with Gasteiger partial charge in [0.05, 0.1) is 12.2 Å². The molecule has 0 bridgehead atoms. The van der Waals surface area contributed by atoms with Gasteiger partial charge < -0.3 is 9.47 Å². The molecule has 7 heteroatoms. The zero-order valence-corrected chi connectivity index (χ0v) is 12.5. The van der Waals surface area contributed by atoms with Gasteiger partial charge in [0.2, 0.25) is 0 Å². The van der Waals surface area contributed by atoms with Gasteiger partial charge in [0.1, 0.15) is 0 Å². The third-order valence-corrected chi connectivity index (χ3v) is 3.50. The van der Waals surface area contributed by atoms with Crippen LogP contribution in [0.4, 0.5) is 17.6 Å². The van der Waals surface area contributed by atoms with Crippen LogP contribution in [-0.4, -0.2) is 12.9 Å². The molecule has 2 nitrogen and oxygen atoms in total. The molecule has 0 aliphatic carbocycles. The number of hydrogen-bond donors (Lipinski definition) is 0. The maximum absolute atomic E-state index is 13.9. The van der Waals surface area contributed by atoms with Gasteiger partial charge >= 0.3 is 0 Å². The first-order valence-corrected chi connectivity index (χ1v) is 7.19. The first kappa shape index (κ1) is 17.2. The van der Waals surface area contributed by atoms with Crippen LogP contribution in [0.15, 0.2) is 11.6 Å². The average Bonchev–Trinajstić information content (AvgIpc) is 2.50. The number of hydrogen-bond acceptors (Lipinski definition) is 2. The standard InChI is InChI=1S/C15H15ClF4O2/c1-8(16)6-9-12(17)14(19)10(15(20)13(9)18)7-22-11-4-2-3-5-21-11/h11H,1-7H2. The maximum atomic E-state index is 13.9. The maximum Gasteiger partial charge on any atom is 0.167 e. The topological polar surface area (TPSA) is 18.5 Å². The second-order valence-corrected chi connectivity index (χ2v) is 5.55. The Labute approximate surface area is 130 Å². The molecule has 22 heavy (non-hydrogen) atoms. The second kappa shape index (κ2) is 7.44. The monoisotopic (exact) mass is 338 g/mol. The second-order valence-electron chi connectivity index (χ2n) is 5.01. The van der Waals surface area contributed by atoms with E-state index in [1.807, 2.05) is 0 Å². The van der Waals surface area contributed by atoms with Crippen LogP contribution in [0.5, 0.6) is 0 Å². The fourth-order valence-electron chi connectivity index (χ4n) is 2.22. The molecule has 0 spiro atoms. The zero-order chi connectivity index (χ0) is 16.3. The average molecular weight is 339 g/mol. The Bertz CT molecular complexity index is 542. The summed E-state index contributed by atoms with van der Waals surface area (Å²) < 4.78 is 66.0. The van der Waals surface area contributed by atoms with Crippen molar-refractivity contribution in [3.05, 3.63) is 46.0 Å². The Hall–Kier alpha value is -1.11. The lowest BCUT2D eigenvalue weighted by Gasteiger charge is -2.23. The molecule has 122 valence electrons. The van der Waals surface area contributed by atoms with Crippen LogP contribution >= 0.6 is 11.6 Å². The molecule has 1 aliphatic rings. The van der Waals surface area contributed by atoms with E-state index in [4.69, 9.17) is 21.1 Å². The van der Waals surface area contributed by atoms with Crippen LogP contribution < -0.4 is 0 Å². The summed E-state index contributed by atoms with van der Waals surface area (Å²) in [7, 11) is 0. The van der Waals surface area contributed by atoms with E-state index in [9.17, 15) is 17.6 Å². The number of allylic oxidation sites excluding steroid dienone is 1. The van der Waals surface area contributed by atoms with Gasteiger partial charge in [-0.15, -0.1) is 0 Å².